The van der Waals surface area contributed by atoms with Gasteiger partial charge in [0.2, 0.25) is 0 Å². The Bertz CT molecular complexity index is 606. The molecule has 0 heterocycles. The van der Waals surface area contributed by atoms with Crippen molar-refractivity contribution >= 4 is 11.8 Å². The summed E-state index contributed by atoms with van der Waals surface area (Å²) in [7, 11) is 1.56. The van der Waals surface area contributed by atoms with Crippen LogP contribution in [0.3, 0.4) is 0 Å². The molecule has 96 valence electrons. The molecule has 0 N–H and O–H groups in total. The first-order valence-corrected chi connectivity index (χ1v) is 5.76. The van der Waals surface area contributed by atoms with E-state index in [2.05, 4.69) is 0 Å². The minimum Gasteiger partial charge on any atom is -0.497 e. The van der Waals surface area contributed by atoms with Gasteiger partial charge in [-0.05, 0) is 29.8 Å². The van der Waals surface area contributed by atoms with Crippen LogP contribution < -0.4 is 4.74 Å². The minimum atomic E-state index is -0.380. The molecule has 19 heavy (non-hydrogen) atoms. The van der Waals surface area contributed by atoms with E-state index < -0.39 is 0 Å². The van der Waals surface area contributed by atoms with Crippen molar-refractivity contribution in [2.75, 3.05) is 7.11 Å². The first-order chi connectivity index (χ1) is 9.20. The molecule has 0 aliphatic carbocycles. The topological polar surface area (TPSA) is 52.4 Å². The Morgan fingerprint density at radius 2 is 1.89 bits per heavy atom. The number of rotatable bonds is 4. The largest absolute Gasteiger partial charge is 0.497 e. The van der Waals surface area contributed by atoms with Crippen LogP contribution in [-0.2, 0) is 0 Å². The Balaban J connectivity index is 2.44. The smallest absolute Gasteiger partial charge is 0.277 e. The molecule has 2 aromatic carbocycles. The molecule has 0 aliphatic heterocycles. The van der Waals surface area contributed by atoms with Gasteiger partial charge in [-0.2, -0.15) is 0 Å². The number of hydrogen-bond donors (Lipinski definition) is 0. The van der Waals surface area contributed by atoms with Crippen LogP contribution in [0.2, 0.25) is 0 Å². The maximum absolute atomic E-state index is 11.2. The van der Waals surface area contributed by atoms with Gasteiger partial charge < -0.3 is 4.74 Å². The number of ether oxygens (including phenoxy) is 1. The predicted octanol–water partition coefficient (Wildman–Crippen LogP) is 3.47. The van der Waals surface area contributed by atoms with Gasteiger partial charge in [0, 0.05) is 6.08 Å². The third-order valence-electron chi connectivity index (χ3n) is 2.66. The summed E-state index contributed by atoms with van der Waals surface area (Å²) in [6.45, 7) is 0. The van der Waals surface area contributed by atoms with Gasteiger partial charge in [-0.3, -0.25) is 10.1 Å². The molecule has 2 aromatic rings. The van der Waals surface area contributed by atoms with Crippen LogP contribution in [0.4, 0.5) is 0 Å². The average molecular weight is 255 g/mol. The van der Waals surface area contributed by atoms with Crippen molar-refractivity contribution in [2.45, 2.75) is 0 Å². The first kappa shape index (κ1) is 12.8. The summed E-state index contributed by atoms with van der Waals surface area (Å²) in [5.74, 6) is 0.671. The molecule has 0 aromatic heterocycles. The van der Waals surface area contributed by atoms with E-state index in [1.807, 2.05) is 6.07 Å². The van der Waals surface area contributed by atoms with Crippen molar-refractivity contribution in [1.82, 2.24) is 0 Å². The highest BCUT2D eigenvalue weighted by atomic mass is 16.6. The zero-order valence-electron chi connectivity index (χ0n) is 10.4. The van der Waals surface area contributed by atoms with Gasteiger partial charge in [-0.25, -0.2) is 0 Å². The van der Waals surface area contributed by atoms with Gasteiger partial charge >= 0.3 is 0 Å². The van der Waals surface area contributed by atoms with Crippen LogP contribution in [0, 0.1) is 10.1 Å². The lowest BCUT2D eigenvalue weighted by Gasteiger charge is -2.02. The van der Waals surface area contributed by atoms with E-state index in [0.717, 1.165) is 5.56 Å². The van der Waals surface area contributed by atoms with Crippen molar-refractivity contribution in [3.63, 3.8) is 0 Å². The summed E-state index contributed by atoms with van der Waals surface area (Å²) in [6, 6.07) is 16.0. The number of benzene rings is 2. The van der Waals surface area contributed by atoms with E-state index in [0.29, 0.717) is 11.3 Å². The summed E-state index contributed by atoms with van der Waals surface area (Å²) < 4.78 is 5.10. The lowest BCUT2D eigenvalue weighted by Crippen LogP contribution is -1.97. The SMILES string of the molecule is COc1cccc(C=C(c2ccccc2)[N+](=O)[O-])c1. The second-order valence-corrected chi connectivity index (χ2v) is 3.93. The molecule has 0 saturated carbocycles. The highest BCUT2D eigenvalue weighted by molar-refractivity contribution is 5.76. The van der Waals surface area contributed by atoms with Crippen molar-refractivity contribution < 1.29 is 9.66 Å². The highest BCUT2D eigenvalue weighted by Gasteiger charge is 2.13. The molecule has 0 atom stereocenters. The van der Waals surface area contributed by atoms with Crippen LogP contribution in [0.5, 0.6) is 5.75 Å². The second-order valence-electron chi connectivity index (χ2n) is 3.93. The van der Waals surface area contributed by atoms with Crippen molar-refractivity contribution in [1.29, 1.82) is 0 Å². The molecule has 0 spiro atoms. The molecule has 4 nitrogen and oxygen atoms in total. The molecule has 4 heteroatoms. The number of nitro groups is 1. The maximum atomic E-state index is 11.2. The summed E-state index contributed by atoms with van der Waals surface area (Å²) in [5, 5.41) is 11.2. The van der Waals surface area contributed by atoms with Crippen LogP contribution in [-0.4, -0.2) is 12.0 Å². The normalized spacial score (nSPS) is 11.1. The maximum Gasteiger partial charge on any atom is 0.277 e. The van der Waals surface area contributed by atoms with Crippen molar-refractivity contribution in [3.05, 3.63) is 75.8 Å². The molecule has 0 unspecified atom stereocenters. The molecule has 0 bridgehead atoms. The average Bonchev–Trinajstić information content (AvgIpc) is 2.45. The molecular weight excluding hydrogens is 242 g/mol. The Morgan fingerprint density at radius 1 is 1.16 bits per heavy atom. The van der Waals surface area contributed by atoms with Gasteiger partial charge in [0.1, 0.15) is 5.75 Å². The zero-order chi connectivity index (χ0) is 13.7. The van der Waals surface area contributed by atoms with Gasteiger partial charge in [0.25, 0.3) is 5.70 Å². The predicted molar refractivity (Wildman–Crippen MR) is 74.3 cm³/mol. The standard InChI is InChI=1S/C15H13NO3/c1-19-14-9-5-6-12(10-14)11-15(16(17)18)13-7-3-2-4-8-13/h2-11H,1H3. The van der Waals surface area contributed by atoms with Crippen molar-refractivity contribution in [2.24, 2.45) is 0 Å². The fourth-order valence-corrected chi connectivity index (χ4v) is 1.74. The van der Waals surface area contributed by atoms with E-state index in [-0.39, 0.29) is 10.6 Å². The second kappa shape index (κ2) is 5.82. The molecule has 0 radical (unpaired) electrons. The minimum absolute atomic E-state index is 0.0638. The summed E-state index contributed by atoms with van der Waals surface area (Å²) in [4.78, 5) is 10.8. The lowest BCUT2D eigenvalue weighted by molar-refractivity contribution is -0.374. The first-order valence-electron chi connectivity index (χ1n) is 5.76. The molecular formula is C15H13NO3. The van der Waals surface area contributed by atoms with Crippen LogP contribution in [0.25, 0.3) is 11.8 Å². The third-order valence-corrected chi connectivity index (χ3v) is 2.66. The van der Waals surface area contributed by atoms with E-state index in [1.165, 1.54) is 6.08 Å². The molecule has 0 aliphatic rings. The van der Waals surface area contributed by atoms with E-state index in [9.17, 15) is 10.1 Å². The van der Waals surface area contributed by atoms with Gasteiger partial charge in [-0.1, -0.05) is 30.3 Å². The fourth-order valence-electron chi connectivity index (χ4n) is 1.74. The Kier molecular flexibility index (Phi) is 3.93. The van der Waals surface area contributed by atoms with Crippen molar-refractivity contribution in [3.8, 4) is 5.75 Å². The summed E-state index contributed by atoms with van der Waals surface area (Å²) in [5.41, 5.74) is 1.37. The monoisotopic (exact) mass is 255 g/mol. The van der Waals surface area contributed by atoms with E-state index in [4.69, 9.17) is 4.74 Å². The Hall–Kier alpha value is -2.62. The lowest BCUT2D eigenvalue weighted by atomic mass is 10.1. The fraction of sp³-hybridized carbons (Fsp3) is 0.0667. The Morgan fingerprint density at radius 3 is 2.53 bits per heavy atom. The summed E-state index contributed by atoms with van der Waals surface area (Å²) >= 11 is 0. The van der Waals surface area contributed by atoms with Crippen LogP contribution in [0.1, 0.15) is 11.1 Å². The highest BCUT2D eigenvalue weighted by Crippen LogP contribution is 2.21. The zero-order valence-corrected chi connectivity index (χ0v) is 10.4. The summed E-state index contributed by atoms with van der Waals surface area (Å²) in [6.07, 6.45) is 1.54. The number of nitrogens with zero attached hydrogens (tertiary/aromatic N) is 1. The van der Waals surface area contributed by atoms with E-state index >= 15 is 0 Å². The third kappa shape index (κ3) is 3.19. The molecule has 0 saturated heterocycles. The van der Waals surface area contributed by atoms with Gasteiger partial charge in [0.05, 0.1) is 17.6 Å². The van der Waals surface area contributed by atoms with Gasteiger partial charge in [0.15, 0.2) is 0 Å². The quantitative estimate of drug-likeness (QED) is 0.477. The van der Waals surface area contributed by atoms with Gasteiger partial charge in [-0.15, -0.1) is 0 Å². The number of methoxy groups -OCH3 is 1. The molecule has 0 fully saturated rings. The van der Waals surface area contributed by atoms with Crippen LogP contribution >= 0.6 is 0 Å². The van der Waals surface area contributed by atoms with Crippen LogP contribution in [0.15, 0.2) is 54.6 Å². The Labute approximate surface area is 111 Å². The molecule has 0 amide bonds. The van der Waals surface area contributed by atoms with E-state index in [1.54, 1.807) is 55.6 Å². The molecule has 2 rings (SSSR count). The number of hydrogen-bond acceptors (Lipinski definition) is 3.